The predicted octanol–water partition coefficient (Wildman–Crippen LogP) is 2.89. The average Bonchev–Trinajstić information content (AvgIpc) is 2.71. The Morgan fingerprint density at radius 3 is 2.67 bits per heavy atom. The second-order valence-corrected chi connectivity index (χ2v) is 6.65. The Labute approximate surface area is 160 Å². The van der Waals surface area contributed by atoms with Gasteiger partial charge in [0.1, 0.15) is 5.75 Å². The number of guanidine groups is 1. The molecule has 27 heavy (non-hydrogen) atoms. The number of phenolic OH excluding ortho intramolecular Hbond substituents is 1. The van der Waals surface area contributed by atoms with E-state index in [4.69, 9.17) is 15.2 Å². The second-order valence-electron chi connectivity index (χ2n) is 6.65. The quantitative estimate of drug-likeness (QED) is 0.538. The summed E-state index contributed by atoms with van der Waals surface area (Å²) in [5.41, 5.74) is 10.5. The first kappa shape index (κ1) is 18.9. The van der Waals surface area contributed by atoms with Crippen LogP contribution < -0.4 is 20.5 Å². The molecule has 0 radical (unpaired) electrons. The summed E-state index contributed by atoms with van der Waals surface area (Å²) >= 11 is 0. The lowest BCUT2D eigenvalue weighted by molar-refractivity contribution is 0.354. The van der Waals surface area contributed by atoms with Gasteiger partial charge in [0.05, 0.1) is 20.8 Å². The first-order valence-corrected chi connectivity index (χ1v) is 9.19. The lowest BCUT2D eigenvalue weighted by atomic mass is 9.88. The summed E-state index contributed by atoms with van der Waals surface area (Å²) in [4.78, 5) is 4.39. The molecule has 2 aromatic carbocycles. The van der Waals surface area contributed by atoms with E-state index in [9.17, 15) is 5.11 Å². The third-order valence-electron chi connectivity index (χ3n) is 4.95. The molecule has 0 atom stereocenters. The molecule has 3 rings (SSSR count). The zero-order chi connectivity index (χ0) is 19.2. The number of fused-ring (bicyclic) bond motifs is 1. The Hall–Kier alpha value is -2.89. The molecule has 0 fully saturated rings. The van der Waals surface area contributed by atoms with Gasteiger partial charge in [-0.1, -0.05) is 12.1 Å². The largest absolute Gasteiger partial charge is 0.508 e. The normalized spacial score (nSPS) is 13.8. The molecule has 4 N–H and O–H groups in total. The van der Waals surface area contributed by atoms with Gasteiger partial charge in [-0.25, -0.2) is 4.99 Å². The van der Waals surface area contributed by atoms with Crippen LogP contribution in [-0.2, 0) is 25.9 Å². The highest BCUT2D eigenvalue weighted by molar-refractivity contribution is 5.78. The van der Waals surface area contributed by atoms with Crippen molar-refractivity contribution in [2.45, 2.75) is 38.8 Å². The summed E-state index contributed by atoms with van der Waals surface area (Å²) in [7, 11) is 3.21. The van der Waals surface area contributed by atoms with E-state index in [2.05, 4.69) is 10.3 Å². The Balaban J connectivity index is 1.65. The molecule has 0 saturated carbocycles. The summed E-state index contributed by atoms with van der Waals surface area (Å²) in [6.45, 7) is 0.897. The number of phenols is 1. The number of nitrogens with two attached hydrogens (primary N) is 1. The minimum Gasteiger partial charge on any atom is -0.508 e. The van der Waals surface area contributed by atoms with Crippen LogP contribution in [0.3, 0.4) is 0 Å². The first-order chi connectivity index (χ1) is 13.1. The van der Waals surface area contributed by atoms with Gasteiger partial charge >= 0.3 is 0 Å². The molecule has 2 aromatic rings. The van der Waals surface area contributed by atoms with Gasteiger partial charge in [-0.05, 0) is 60.6 Å². The van der Waals surface area contributed by atoms with E-state index in [0.29, 0.717) is 36.3 Å². The maximum atomic E-state index is 10.2. The molecule has 144 valence electrons. The zero-order valence-corrected chi connectivity index (χ0v) is 15.9. The minimum atomic E-state index is 0.316. The van der Waals surface area contributed by atoms with E-state index in [0.717, 1.165) is 30.4 Å². The van der Waals surface area contributed by atoms with E-state index in [1.165, 1.54) is 17.5 Å². The molecule has 0 aromatic heterocycles. The van der Waals surface area contributed by atoms with Gasteiger partial charge in [-0.3, -0.25) is 0 Å². The van der Waals surface area contributed by atoms with E-state index in [1.807, 2.05) is 24.3 Å². The van der Waals surface area contributed by atoms with Crippen LogP contribution in [-0.4, -0.2) is 25.3 Å². The fourth-order valence-corrected chi connectivity index (χ4v) is 3.48. The molecule has 0 amide bonds. The van der Waals surface area contributed by atoms with Crippen LogP contribution in [0, 0.1) is 0 Å². The standard InChI is InChI=1S/C21H27N3O3/c1-26-19-10-7-14(11-20(19)27-2)12-23-21(22)24-13-17-16-6-4-3-5-15(16)8-9-18(17)25/h7-11,25H,3-6,12-13H2,1-2H3,(H3,22,23,24). The number of nitrogens with one attached hydrogen (secondary N) is 1. The van der Waals surface area contributed by atoms with Crippen molar-refractivity contribution < 1.29 is 14.6 Å². The summed E-state index contributed by atoms with van der Waals surface area (Å²) in [5, 5.41) is 13.4. The predicted molar refractivity (Wildman–Crippen MR) is 106 cm³/mol. The molecule has 1 aliphatic carbocycles. The number of hydrogen-bond donors (Lipinski definition) is 3. The van der Waals surface area contributed by atoms with Crippen LogP contribution in [0.5, 0.6) is 17.2 Å². The number of aromatic hydroxyl groups is 1. The molecule has 6 heteroatoms. The smallest absolute Gasteiger partial charge is 0.189 e. The highest BCUT2D eigenvalue weighted by Crippen LogP contribution is 2.30. The monoisotopic (exact) mass is 369 g/mol. The summed E-state index contributed by atoms with van der Waals surface area (Å²) in [5.74, 6) is 2.01. The van der Waals surface area contributed by atoms with Crippen molar-refractivity contribution in [3.05, 3.63) is 52.6 Å². The number of benzene rings is 2. The lowest BCUT2D eigenvalue weighted by Gasteiger charge is -2.20. The SMILES string of the molecule is COc1ccc(CN=C(N)NCc2c(O)ccc3c2CCCC3)cc1OC. The number of rotatable bonds is 6. The molecule has 6 nitrogen and oxygen atoms in total. The summed E-state index contributed by atoms with van der Waals surface area (Å²) < 4.78 is 10.5. The van der Waals surface area contributed by atoms with Crippen LogP contribution in [0.4, 0.5) is 0 Å². The summed E-state index contributed by atoms with van der Waals surface area (Å²) in [6.07, 6.45) is 4.45. The molecule has 0 heterocycles. The van der Waals surface area contributed by atoms with Crippen LogP contribution in [0.15, 0.2) is 35.3 Å². The van der Waals surface area contributed by atoms with Gasteiger partial charge in [-0.15, -0.1) is 0 Å². The van der Waals surface area contributed by atoms with Gasteiger partial charge < -0.3 is 25.6 Å². The van der Waals surface area contributed by atoms with Crippen LogP contribution >= 0.6 is 0 Å². The summed E-state index contributed by atoms with van der Waals surface area (Å²) in [6, 6.07) is 9.47. The number of aryl methyl sites for hydroxylation is 1. The average molecular weight is 369 g/mol. The Bertz CT molecular complexity index is 834. The Morgan fingerprint density at radius 1 is 1.11 bits per heavy atom. The highest BCUT2D eigenvalue weighted by Gasteiger charge is 2.16. The van der Waals surface area contributed by atoms with E-state index in [-0.39, 0.29) is 0 Å². The second kappa shape index (κ2) is 8.66. The van der Waals surface area contributed by atoms with Crippen LogP contribution in [0.2, 0.25) is 0 Å². The zero-order valence-electron chi connectivity index (χ0n) is 15.9. The molecule has 0 aliphatic heterocycles. The Morgan fingerprint density at radius 2 is 1.89 bits per heavy atom. The number of hydrogen-bond acceptors (Lipinski definition) is 4. The molecular weight excluding hydrogens is 342 g/mol. The van der Waals surface area contributed by atoms with E-state index >= 15 is 0 Å². The number of ether oxygens (including phenoxy) is 2. The molecular formula is C21H27N3O3. The van der Waals surface area contributed by atoms with Crippen molar-refractivity contribution >= 4 is 5.96 Å². The van der Waals surface area contributed by atoms with E-state index in [1.54, 1.807) is 20.3 Å². The van der Waals surface area contributed by atoms with Crippen molar-refractivity contribution in [1.82, 2.24) is 5.32 Å². The van der Waals surface area contributed by atoms with Gasteiger partial charge in [0.15, 0.2) is 17.5 Å². The third kappa shape index (κ3) is 4.45. The minimum absolute atomic E-state index is 0.316. The maximum Gasteiger partial charge on any atom is 0.189 e. The van der Waals surface area contributed by atoms with Crippen molar-refractivity contribution in [3.8, 4) is 17.2 Å². The number of methoxy groups -OCH3 is 2. The lowest BCUT2D eigenvalue weighted by Crippen LogP contribution is -2.31. The molecule has 0 bridgehead atoms. The number of nitrogens with zero attached hydrogens (tertiary/aromatic N) is 1. The Kier molecular flexibility index (Phi) is 6.06. The van der Waals surface area contributed by atoms with Gasteiger partial charge in [-0.2, -0.15) is 0 Å². The number of aliphatic imine (C=N–C) groups is 1. The molecule has 0 unspecified atom stereocenters. The van der Waals surface area contributed by atoms with Gasteiger partial charge in [0, 0.05) is 12.1 Å². The van der Waals surface area contributed by atoms with Crippen LogP contribution in [0.25, 0.3) is 0 Å². The fraction of sp³-hybridized carbons (Fsp3) is 0.381. The van der Waals surface area contributed by atoms with Crippen molar-refractivity contribution in [2.24, 2.45) is 10.7 Å². The van der Waals surface area contributed by atoms with Crippen molar-refractivity contribution in [3.63, 3.8) is 0 Å². The maximum absolute atomic E-state index is 10.2. The molecule has 1 aliphatic rings. The highest BCUT2D eigenvalue weighted by atomic mass is 16.5. The van der Waals surface area contributed by atoms with Crippen molar-refractivity contribution in [2.75, 3.05) is 14.2 Å². The van der Waals surface area contributed by atoms with E-state index < -0.39 is 0 Å². The molecule has 0 saturated heterocycles. The fourth-order valence-electron chi connectivity index (χ4n) is 3.48. The first-order valence-electron chi connectivity index (χ1n) is 9.19. The third-order valence-corrected chi connectivity index (χ3v) is 4.95. The van der Waals surface area contributed by atoms with Gasteiger partial charge in [0.25, 0.3) is 0 Å². The van der Waals surface area contributed by atoms with Crippen LogP contribution in [0.1, 0.15) is 35.1 Å². The van der Waals surface area contributed by atoms with Gasteiger partial charge in [0.2, 0.25) is 0 Å². The molecule has 0 spiro atoms. The topological polar surface area (TPSA) is 89.1 Å². The van der Waals surface area contributed by atoms with Crippen molar-refractivity contribution in [1.29, 1.82) is 0 Å².